The van der Waals surface area contributed by atoms with Gasteiger partial charge in [0.15, 0.2) is 0 Å². The maximum absolute atomic E-state index is 12.1. The minimum absolute atomic E-state index is 0.0880. The lowest BCUT2D eigenvalue weighted by molar-refractivity contribution is 0.0940. The molecule has 1 aliphatic rings. The molecule has 22 heavy (non-hydrogen) atoms. The molecule has 1 aliphatic heterocycles. The largest absolute Gasteiger partial charge is 0.493 e. The zero-order valence-electron chi connectivity index (χ0n) is 12.4. The number of carbonyl (C=O) groups is 1. The van der Waals surface area contributed by atoms with Gasteiger partial charge in [0.25, 0.3) is 5.91 Å². The highest BCUT2D eigenvalue weighted by Crippen LogP contribution is 2.26. The predicted octanol–water partition coefficient (Wildman–Crippen LogP) is 3.24. The molecule has 1 N–H and O–H groups in total. The summed E-state index contributed by atoms with van der Waals surface area (Å²) >= 11 is 3.06. The molecular weight excluding hydrogens is 316 g/mol. The van der Waals surface area contributed by atoms with Crippen molar-refractivity contribution in [3.8, 4) is 5.75 Å². The van der Waals surface area contributed by atoms with Gasteiger partial charge in [-0.3, -0.25) is 4.79 Å². The number of benzene rings is 1. The van der Waals surface area contributed by atoms with Crippen molar-refractivity contribution in [3.63, 3.8) is 0 Å². The van der Waals surface area contributed by atoms with Crippen LogP contribution in [-0.2, 0) is 6.42 Å². The van der Waals surface area contributed by atoms with Crippen molar-refractivity contribution in [3.05, 3.63) is 40.9 Å². The third-order valence-electron chi connectivity index (χ3n) is 3.71. The van der Waals surface area contributed by atoms with Crippen LogP contribution in [-0.4, -0.2) is 30.3 Å². The van der Waals surface area contributed by atoms with Gasteiger partial charge < -0.3 is 10.1 Å². The molecule has 0 bridgehead atoms. The second-order valence-corrected chi connectivity index (χ2v) is 7.14. The first-order valence-corrected chi connectivity index (χ1v) is 9.35. The van der Waals surface area contributed by atoms with Gasteiger partial charge in [0.2, 0.25) is 0 Å². The summed E-state index contributed by atoms with van der Waals surface area (Å²) in [5.74, 6) is 1.28. The highest BCUT2D eigenvalue weighted by atomic mass is 32.2. The average molecular weight is 334 g/mol. The number of amides is 1. The van der Waals surface area contributed by atoms with Crippen molar-refractivity contribution < 1.29 is 9.53 Å². The van der Waals surface area contributed by atoms with Gasteiger partial charge in [0.05, 0.1) is 6.61 Å². The van der Waals surface area contributed by atoms with E-state index < -0.39 is 0 Å². The SMILES string of the molecule is CSc1nc(C(=O)NCC2CCOc3ccccc3C2)cs1. The van der Waals surface area contributed by atoms with Gasteiger partial charge in [-0.2, -0.15) is 0 Å². The van der Waals surface area contributed by atoms with Gasteiger partial charge in [-0.1, -0.05) is 30.0 Å². The molecule has 1 atom stereocenters. The molecule has 1 aromatic heterocycles. The van der Waals surface area contributed by atoms with Crippen molar-refractivity contribution in [1.29, 1.82) is 0 Å². The maximum atomic E-state index is 12.1. The van der Waals surface area contributed by atoms with E-state index in [2.05, 4.69) is 16.4 Å². The fourth-order valence-corrected chi connectivity index (χ4v) is 3.76. The molecule has 0 radical (unpaired) electrons. The highest BCUT2D eigenvalue weighted by Gasteiger charge is 2.19. The second-order valence-electron chi connectivity index (χ2n) is 5.23. The average Bonchev–Trinajstić information content (AvgIpc) is 2.93. The second kappa shape index (κ2) is 7.15. The van der Waals surface area contributed by atoms with Crippen LogP contribution >= 0.6 is 23.1 Å². The number of ether oxygens (including phenoxy) is 1. The normalized spacial score (nSPS) is 17.2. The Bertz CT molecular complexity index is 657. The molecule has 1 amide bonds. The van der Waals surface area contributed by atoms with Crippen LogP contribution in [0.2, 0.25) is 0 Å². The van der Waals surface area contributed by atoms with Crippen LogP contribution in [0, 0.1) is 5.92 Å². The van der Waals surface area contributed by atoms with E-state index in [1.807, 2.05) is 29.8 Å². The number of hydrogen-bond acceptors (Lipinski definition) is 5. The van der Waals surface area contributed by atoms with Crippen molar-refractivity contribution in [2.75, 3.05) is 19.4 Å². The van der Waals surface area contributed by atoms with Crippen LogP contribution in [0.3, 0.4) is 0 Å². The summed E-state index contributed by atoms with van der Waals surface area (Å²) < 4.78 is 6.68. The summed E-state index contributed by atoms with van der Waals surface area (Å²) in [6.07, 6.45) is 3.84. The van der Waals surface area contributed by atoms with E-state index in [0.717, 1.165) is 22.9 Å². The Morgan fingerprint density at radius 2 is 2.36 bits per heavy atom. The lowest BCUT2D eigenvalue weighted by Gasteiger charge is -2.14. The molecule has 2 aromatic rings. The summed E-state index contributed by atoms with van der Waals surface area (Å²) in [6.45, 7) is 1.35. The number of para-hydroxylation sites is 1. The van der Waals surface area contributed by atoms with Gasteiger partial charge in [-0.25, -0.2) is 4.98 Å². The lowest BCUT2D eigenvalue weighted by atomic mass is 9.97. The number of fused-ring (bicyclic) bond motifs is 1. The minimum Gasteiger partial charge on any atom is -0.493 e. The predicted molar refractivity (Wildman–Crippen MR) is 90.0 cm³/mol. The Balaban J connectivity index is 1.58. The summed E-state index contributed by atoms with van der Waals surface area (Å²) in [7, 11) is 0. The molecule has 2 heterocycles. The number of thioether (sulfide) groups is 1. The van der Waals surface area contributed by atoms with E-state index in [1.54, 1.807) is 11.8 Å². The Kier molecular flexibility index (Phi) is 5.00. The van der Waals surface area contributed by atoms with Crippen molar-refractivity contribution in [2.45, 2.75) is 17.2 Å². The van der Waals surface area contributed by atoms with Gasteiger partial charge in [0.1, 0.15) is 15.8 Å². The van der Waals surface area contributed by atoms with Crippen molar-refractivity contribution in [2.24, 2.45) is 5.92 Å². The molecule has 6 heteroatoms. The Labute approximate surface area is 138 Å². The lowest BCUT2D eigenvalue weighted by Crippen LogP contribution is -2.30. The molecule has 3 rings (SSSR count). The molecule has 1 unspecified atom stereocenters. The molecule has 0 spiro atoms. The third-order valence-corrected chi connectivity index (χ3v) is 5.57. The molecule has 1 aromatic carbocycles. The summed E-state index contributed by atoms with van der Waals surface area (Å²) in [4.78, 5) is 16.4. The Morgan fingerprint density at radius 3 is 3.18 bits per heavy atom. The molecule has 0 fully saturated rings. The van der Waals surface area contributed by atoms with Crippen LogP contribution in [0.5, 0.6) is 5.75 Å². The maximum Gasteiger partial charge on any atom is 0.270 e. The van der Waals surface area contributed by atoms with Crippen LogP contribution in [0.4, 0.5) is 0 Å². The van der Waals surface area contributed by atoms with Crippen LogP contribution in [0.15, 0.2) is 34.0 Å². The topological polar surface area (TPSA) is 51.2 Å². The fourth-order valence-electron chi connectivity index (χ4n) is 2.52. The van der Waals surface area contributed by atoms with E-state index >= 15 is 0 Å². The number of aromatic nitrogens is 1. The van der Waals surface area contributed by atoms with Crippen LogP contribution < -0.4 is 10.1 Å². The smallest absolute Gasteiger partial charge is 0.270 e. The quantitative estimate of drug-likeness (QED) is 0.872. The number of rotatable bonds is 4. The zero-order valence-corrected chi connectivity index (χ0v) is 14.0. The molecule has 0 saturated heterocycles. The van der Waals surface area contributed by atoms with E-state index in [0.29, 0.717) is 24.8 Å². The minimum atomic E-state index is -0.0880. The molecular formula is C16H18N2O2S2. The Morgan fingerprint density at radius 1 is 1.50 bits per heavy atom. The van der Waals surface area contributed by atoms with Crippen LogP contribution in [0.1, 0.15) is 22.5 Å². The number of carbonyl (C=O) groups excluding carboxylic acids is 1. The summed E-state index contributed by atoms with van der Waals surface area (Å²) in [6, 6.07) is 8.13. The van der Waals surface area contributed by atoms with Gasteiger partial charge in [-0.15, -0.1) is 11.3 Å². The van der Waals surface area contributed by atoms with E-state index in [9.17, 15) is 4.79 Å². The summed E-state index contributed by atoms with van der Waals surface area (Å²) in [5, 5.41) is 4.82. The standard InChI is InChI=1S/C16H18N2O2S2/c1-21-16-18-13(10-22-16)15(19)17-9-11-6-7-20-14-5-3-2-4-12(14)8-11/h2-5,10-11H,6-9H2,1H3,(H,17,19). The number of nitrogens with zero attached hydrogens (tertiary/aromatic N) is 1. The van der Waals surface area contributed by atoms with Crippen molar-refractivity contribution >= 4 is 29.0 Å². The Hall–Kier alpha value is -1.53. The van der Waals surface area contributed by atoms with Gasteiger partial charge in [0, 0.05) is 11.9 Å². The van der Waals surface area contributed by atoms with E-state index in [4.69, 9.17) is 4.74 Å². The summed E-state index contributed by atoms with van der Waals surface area (Å²) in [5.41, 5.74) is 1.73. The first-order chi connectivity index (χ1) is 10.8. The third kappa shape index (κ3) is 3.62. The first-order valence-electron chi connectivity index (χ1n) is 7.24. The fraction of sp³-hybridized carbons (Fsp3) is 0.375. The highest BCUT2D eigenvalue weighted by molar-refractivity contribution is 8.00. The number of thiazole rings is 1. The monoisotopic (exact) mass is 334 g/mol. The molecule has 116 valence electrons. The zero-order chi connectivity index (χ0) is 15.4. The van der Waals surface area contributed by atoms with Gasteiger partial charge >= 0.3 is 0 Å². The molecule has 0 saturated carbocycles. The number of hydrogen-bond donors (Lipinski definition) is 1. The number of nitrogens with one attached hydrogen (secondary N) is 1. The molecule has 0 aliphatic carbocycles. The van der Waals surface area contributed by atoms with Crippen molar-refractivity contribution in [1.82, 2.24) is 10.3 Å². The van der Waals surface area contributed by atoms with Gasteiger partial charge in [-0.05, 0) is 36.6 Å². The van der Waals surface area contributed by atoms with E-state index in [-0.39, 0.29) is 5.91 Å². The van der Waals surface area contributed by atoms with Crippen LogP contribution in [0.25, 0.3) is 0 Å². The molecule has 4 nitrogen and oxygen atoms in total. The van der Waals surface area contributed by atoms with E-state index in [1.165, 1.54) is 16.9 Å². The first kappa shape index (κ1) is 15.4.